The molecule has 1 aliphatic carbocycles. The van der Waals surface area contributed by atoms with Crippen molar-refractivity contribution in [2.24, 2.45) is 5.73 Å². The largest absolute Gasteiger partial charge is 0.466 e. The highest BCUT2D eigenvalue weighted by Crippen LogP contribution is 2.40. The van der Waals surface area contributed by atoms with E-state index in [9.17, 15) is 4.79 Å². The van der Waals surface area contributed by atoms with E-state index in [0.717, 1.165) is 40.8 Å². The maximum absolute atomic E-state index is 12.1. The molecule has 30 heavy (non-hydrogen) atoms. The quantitative estimate of drug-likeness (QED) is 0.694. The number of nitrogens with two attached hydrogens (primary N) is 1. The molecule has 1 amide bonds. The summed E-state index contributed by atoms with van der Waals surface area (Å²) < 4.78 is 5.66. The summed E-state index contributed by atoms with van der Waals surface area (Å²) in [6.45, 7) is 8.26. The van der Waals surface area contributed by atoms with E-state index in [1.807, 2.05) is 18.4 Å². The van der Waals surface area contributed by atoms with Crippen LogP contribution in [-0.2, 0) is 4.79 Å². The van der Waals surface area contributed by atoms with Crippen LogP contribution >= 0.6 is 11.3 Å². The lowest BCUT2D eigenvalue weighted by Crippen LogP contribution is -2.47. The number of anilines is 1. The summed E-state index contributed by atoms with van der Waals surface area (Å²) in [5.41, 5.74) is 12.8. The Kier molecular flexibility index (Phi) is 5.38. The van der Waals surface area contributed by atoms with Gasteiger partial charge in [-0.05, 0) is 67.1 Å². The molecule has 2 aliphatic rings. The first-order valence-electron chi connectivity index (χ1n) is 10.1. The Bertz CT molecular complexity index is 1060. The predicted molar refractivity (Wildman–Crippen MR) is 124 cm³/mol. The number of hydrogen-bond donors (Lipinski definition) is 1. The van der Waals surface area contributed by atoms with Crippen LogP contribution in [0.15, 0.2) is 52.8 Å². The third kappa shape index (κ3) is 3.61. The molecule has 0 radical (unpaired) electrons. The standard InChI is InChI=1S/C24H27N3O2S/c1-15(2)18(7-6-16(3)24(25)9-5-10-24)22-19(17-8-11-30-14-17)12-20-23(26-22)29-13-21(28)27(20)4/h6-8,11-12,14H,1,5,9-10,13,25H2,2-4H3. The van der Waals surface area contributed by atoms with Crippen molar-refractivity contribution in [3.05, 3.63) is 58.5 Å². The van der Waals surface area contributed by atoms with Gasteiger partial charge in [0, 0.05) is 23.7 Å². The minimum atomic E-state index is -0.192. The maximum atomic E-state index is 12.1. The molecule has 2 N–H and O–H groups in total. The van der Waals surface area contributed by atoms with Crippen molar-refractivity contribution in [3.63, 3.8) is 0 Å². The van der Waals surface area contributed by atoms with Gasteiger partial charge in [0.1, 0.15) is 5.69 Å². The molecule has 2 aromatic rings. The monoisotopic (exact) mass is 421 g/mol. The van der Waals surface area contributed by atoms with Gasteiger partial charge in [-0.15, -0.1) is 0 Å². The molecule has 0 atom stereocenters. The fourth-order valence-corrected chi connectivity index (χ4v) is 4.44. The maximum Gasteiger partial charge on any atom is 0.264 e. The van der Waals surface area contributed by atoms with Crippen LogP contribution in [0.1, 0.15) is 38.8 Å². The Balaban J connectivity index is 1.86. The fraction of sp³-hybridized carbons (Fsp3) is 0.333. The molecule has 0 saturated heterocycles. The fourth-order valence-electron chi connectivity index (χ4n) is 3.79. The first kappa shape index (κ1) is 20.6. The Hall–Kier alpha value is -2.70. The zero-order valence-electron chi connectivity index (χ0n) is 17.7. The van der Waals surface area contributed by atoms with Crippen LogP contribution in [0, 0.1) is 0 Å². The average molecular weight is 422 g/mol. The van der Waals surface area contributed by atoms with Gasteiger partial charge >= 0.3 is 0 Å². The molecule has 2 aromatic heterocycles. The zero-order valence-corrected chi connectivity index (χ0v) is 18.5. The van der Waals surface area contributed by atoms with Crippen molar-refractivity contribution in [2.75, 3.05) is 18.6 Å². The number of carbonyl (C=O) groups is 1. The molecule has 156 valence electrons. The van der Waals surface area contributed by atoms with Gasteiger partial charge in [0.05, 0.1) is 5.69 Å². The van der Waals surface area contributed by atoms with E-state index >= 15 is 0 Å². The normalized spacial score (nSPS) is 18.5. The van der Waals surface area contributed by atoms with Gasteiger partial charge in [-0.2, -0.15) is 11.3 Å². The van der Waals surface area contributed by atoms with E-state index in [1.165, 1.54) is 12.0 Å². The number of amides is 1. The second kappa shape index (κ2) is 7.85. The third-order valence-corrected chi connectivity index (χ3v) is 6.80. The number of likely N-dealkylation sites (N-methyl/N-ethyl adjacent to an activating group) is 1. The van der Waals surface area contributed by atoms with E-state index in [1.54, 1.807) is 23.3 Å². The highest BCUT2D eigenvalue weighted by Gasteiger charge is 2.33. The van der Waals surface area contributed by atoms with Crippen LogP contribution in [0.2, 0.25) is 0 Å². The molecule has 1 fully saturated rings. The number of rotatable bonds is 5. The van der Waals surface area contributed by atoms with E-state index in [2.05, 4.69) is 37.1 Å². The third-order valence-electron chi connectivity index (χ3n) is 6.11. The molecule has 0 spiro atoms. The van der Waals surface area contributed by atoms with E-state index in [-0.39, 0.29) is 18.1 Å². The van der Waals surface area contributed by atoms with E-state index < -0.39 is 0 Å². The van der Waals surface area contributed by atoms with Crippen molar-refractivity contribution >= 4 is 28.5 Å². The highest BCUT2D eigenvalue weighted by atomic mass is 32.1. The van der Waals surface area contributed by atoms with Crippen molar-refractivity contribution in [1.82, 2.24) is 4.98 Å². The molecule has 1 saturated carbocycles. The minimum absolute atomic E-state index is 0.00540. The lowest BCUT2D eigenvalue weighted by atomic mass is 9.72. The molecule has 0 bridgehead atoms. The summed E-state index contributed by atoms with van der Waals surface area (Å²) in [5, 5.41) is 4.12. The highest BCUT2D eigenvalue weighted by molar-refractivity contribution is 7.08. The second-order valence-corrected chi connectivity index (χ2v) is 8.96. The van der Waals surface area contributed by atoms with Crippen LogP contribution in [0.5, 0.6) is 5.88 Å². The van der Waals surface area contributed by atoms with Gasteiger partial charge in [0.25, 0.3) is 5.91 Å². The van der Waals surface area contributed by atoms with Crippen LogP contribution in [0.3, 0.4) is 0 Å². The Morgan fingerprint density at radius 1 is 1.37 bits per heavy atom. The molecule has 1 aliphatic heterocycles. The Morgan fingerprint density at radius 3 is 2.73 bits per heavy atom. The smallest absolute Gasteiger partial charge is 0.264 e. The molecule has 6 heteroatoms. The summed E-state index contributed by atoms with van der Waals surface area (Å²) in [6, 6.07) is 4.05. The Morgan fingerprint density at radius 2 is 2.13 bits per heavy atom. The number of fused-ring (bicyclic) bond motifs is 1. The minimum Gasteiger partial charge on any atom is -0.466 e. The number of aromatic nitrogens is 1. The molecule has 0 unspecified atom stereocenters. The first-order chi connectivity index (χ1) is 14.3. The van der Waals surface area contributed by atoms with Crippen LogP contribution in [-0.4, -0.2) is 30.1 Å². The summed E-state index contributed by atoms with van der Waals surface area (Å²) in [4.78, 5) is 18.6. The number of hydrogen-bond acceptors (Lipinski definition) is 5. The zero-order chi connectivity index (χ0) is 21.5. The number of pyridine rings is 1. The number of ether oxygens (including phenoxy) is 1. The van der Waals surface area contributed by atoms with E-state index in [4.69, 9.17) is 15.5 Å². The van der Waals surface area contributed by atoms with Gasteiger partial charge in [-0.3, -0.25) is 4.79 Å². The van der Waals surface area contributed by atoms with Crippen molar-refractivity contribution in [3.8, 4) is 17.0 Å². The molecular formula is C24H27N3O2S. The lowest BCUT2D eigenvalue weighted by molar-refractivity contribution is -0.121. The molecule has 4 rings (SSSR count). The summed E-state index contributed by atoms with van der Waals surface area (Å²) in [6.07, 6.45) is 7.39. The van der Waals surface area contributed by atoms with Gasteiger partial charge in [-0.1, -0.05) is 24.3 Å². The van der Waals surface area contributed by atoms with Gasteiger partial charge in [0.2, 0.25) is 5.88 Å². The topological polar surface area (TPSA) is 68.5 Å². The predicted octanol–water partition coefficient (Wildman–Crippen LogP) is 4.95. The Labute approximate surface area is 181 Å². The number of carbonyl (C=O) groups excluding carboxylic acids is 1. The number of nitrogens with zero attached hydrogens (tertiary/aromatic N) is 2. The SMILES string of the molecule is C=C(C)C(=CC=C(C)C1(N)CCC1)c1nc2c(cc1-c1ccsc1)N(C)C(=O)CO2. The first-order valence-corrected chi connectivity index (χ1v) is 11.1. The van der Waals surface area contributed by atoms with Crippen molar-refractivity contribution < 1.29 is 9.53 Å². The van der Waals surface area contributed by atoms with Gasteiger partial charge in [0.15, 0.2) is 6.61 Å². The number of allylic oxidation sites excluding steroid dienone is 4. The number of thiophene rings is 1. The van der Waals surface area contributed by atoms with E-state index in [0.29, 0.717) is 11.6 Å². The lowest BCUT2D eigenvalue weighted by Gasteiger charge is -2.39. The van der Waals surface area contributed by atoms with Gasteiger partial charge < -0.3 is 15.4 Å². The van der Waals surface area contributed by atoms with Crippen LogP contribution in [0.4, 0.5) is 5.69 Å². The average Bonchev–Trinajstić information content (AvgIpc) is 3.23. The summed E-state index contributed by atoms with van der Waals surface area (Å²) in [5.74, 6) is 0.379. The summed E-state index contributed by atoms with van der Waals surface area (Å²) >= 11 is 1.62. The summed E-state index contributed by atoms with van der Waals surface area (Å²) in [7, 11) is 1.75. The molecule has 5 nitrogen and oxygen atoms in total. The second-order valence-electron chi connectivity index (χ2n) is 8.18. The van der Waals surface area contributed by atoms with Gasteiger partial charge in [-0.25, -0.2) is 4.98 Å². The van der Waals surface area contributed by atoms with Crippen LogP contribution in [0.25, 0.3) is 16.7 Å². The molecule has 3 heterocycles. The molecule has 0 aromatic carbocycles. The van der Waals surface area contributed by atoms with Crippen molar-refractivity contribution in [2.45, 2.75) is 38.6 Å². The van der Waals surface area contributed by atoms with Crippen LogP contribution < -0.4 is 15.4 Å². The molecular weight excluding hydrogens is 394 g/mol. The van der Waals surface area contributed by atoms with Crippen molar-refractivity contribution in [1.29, 1.82) is 0 Å².